The molecule has 5 heteroatoms. The maximum atomic E-state index is 11.4. The van der Waals surface area contributed by atoms with Gasteiger partial charge in [-0.2, -0.15) is 0 Å². The lowest BCUT2D eigenvalue weighted by atomic mass is 10.2. The van der Waals surface area contributed by atoms with E-state index < -0.39 is 9.84 Å². The van der Waals surface area contributed by atoms with Crippen LogP contribution in [0.4, 0.5) is 0 Å². The van der Waals surface area contributed by atoms with Crippen molar-refractivity contribution in [2.45, 2.75) is 19.8 Å². The molecule has 1 aromatic carbocycles. The number of benzene rings is 1. The number of aryl methyl sites for hydroxylation is 1. The summed E-state index contributed by atoms with van der Waals surface area (Å²) in [6.45, 7) is 2.69. The number of ether oxygens (including phenoxy) is 1. The molecule has 0 amide bonds. The van der Waals surface area contributed by atoms with Crippen LogP contribution in [0.2, 0.25) is 0 Å². The highest BCUT2D eigenvalue weighted by Crippen LogP contribution is 2.12. The van der Waals surface area contributed by atoms with Crippen LogP contribution in [0.1, 0.15) is 18.9 Å². The van der Waals surface area contributed by atoms with Gasteiger partial charge in [0.15, 0.2) is 9.84 Å². The van der Waals surface area contributed by atoms with Crippen molar-refractivity contribution in [1.82, 2.24) is 0 Å². The lowest BCUT2D eigenvalue weighted by Gasteiger charge is -2.07. The van der Waals surface area contributed by atoms with Gasteiger partial charge in [0.05, 0.1) is 18.1 Å². The molecule has 0 fully saturated rings. The molecule has 0 unspecified atom stereocenters. The Balaban J connectivity index is 2.29. The Morgan fingerprint density at radius 2 is 1.83 bits per heavy atom. The summed E-state index contributed by atoms with van der Waals surface area (Å²) >= 11 is 0. The molecule has 0 bridgehead atoms. The molecule has 0 aromatic heterocycles. The van der Waals surface area contributed by atoms with Crippen LogP contribution in [-0.4, -0.2) is 33.1 Å². The lowest BCUT2D eigenvalue weighted by molar-refractivity contribution is 0.317. The summed E-state index contributed by atoms with van der Waals surface area (Å²) in [5.74, 6) is 0.971. The van der Waals surface area contributed by atoms with Crippen LogP contribution in [0, 0.1) is 0 Å². The van der Waals surface area contributed by atoms with Crippen molar-refractivity contribution >= 4 is 9.84 Å². The fourth-order valence-electron chi connectivity index (χ4n) is 1.57. The third-order valence-corrected chi connectivity index (χ3v) is 4.40. The van der Waals surface area contributed by atoms with Crippen molar-refractivity contribution in [3.05, 3.63) is 29.8 Å². The van der Waals surface area contributed by atoms with Crippen LogP contribution < -0.4 is 10.5 Å². The van der Waals surface area contributed by atoms with Gasteiger partial charge in [0, 0.05) is 6.54 Å². The summed E-state index contributed by atoms with van der Waals surface area (Å²) in [4.78, 5) is 0. The van der Waals surface area contributed by atoms with Crippen LogP contribution in [0.5, 0.6) is 5.75 Å². The van der Waals surface area contributed by atoms with E-state index in [0.29, 0.717) is 13.0 Å². The molecule has 0 aliphatic heterocycles. The maximum Gasteiger partial charge on any atom is 0.151 e. The van der Waals surface area contributed by atoms with E-state index in [9.17, 15) is 8.42 Å². The minimum Gasteiger partial charge on any atom is -0.494 e. The smallest absolute Gasteiger partial charge is 0.151 e. The van der Waals surface area contributed by atoms with Gasteiger partial charge in [-0.15, -0.1) is 0 Å². The first-order valence-electron chi connectivity index (χ1n) is 6.19. The van der Waals surface area contributed by atoms with Crippen LogP contribution in [0.25, 0.3) is 0 Å². The SMILES string of the molecule is CCc1ccc(OCCCS(=O)(=O)CCN)cc1. The molecule has 1 aromatic rings. The highest BCUT2D eigenvalue weighted by molar-refractivity contribution is 7.91. The van der Waals surface area contributed by atoms with Crippen molar-refractivity contribution in [3.63, 3.8) is 0 Å². The van der Waals surface area contributed by atoms with Gasteiger partial charge >= 0.3 is 0 Å². The van der Waals surface area contributed by atoms with Crippen molar-refractivity contribution in [2.24, 2.45) is 5.73 Å². The van der Waals surface area contributed by atoms with E-state index in [1.54, 1.807) is 0 Å². The summed E-state index contributed by atoms with van der Waals surface area (Å²) in [5, 5.41) is 0. The van der Waals surface area contributed by atoms with Crippen LogP contribution in [0.3, 0.4) is 0 Å². The van der Waals surface area contributed by atoms with Gasteiger partial charge in [-0.05, 0) is 30.5 Å². The average molecular weight is 271 g/mol. The predicted octanol–water partition coefficient (Wildman–Crippen LogP) is 1.39. The molecule has 0 heterocycles. The first-order chi connectivity index (χ1) is 8.57. The Bertz CT molecular complexity index is 440. The van der Waals surface area contributed by atoms with Crippen molar-refractivity contribution in [3.8, 4) is 5.75 Å². The molecule has 0 spiro atoms. The molecular weight excluding hydrogens is 250 g/mol. The van der Waals surface area contributed by atoms with E-state index >= 15 is 0 Å². The van der Waals surface area contributed by atoms with Gasteiger partial charge in [0.25, 0.3) is 0 Å². The molecule has 102 valence electrons. The monoisotopic (exact) mass is 271 g/mol. The second-order valence-corrected chi connectivity index (χ2v) is 6.44. The van der Waals surface area contributed by atoms with Gasteiger partial charge in [-0.1, -0.05) is 19.1 Å². The molecule has 0 saturated carbocycles. The molecule has 1 rings (SSSR count). The zero-order chi connectivity index (χ0) is 13.4. The van der Waals surface area contributed by atoms with E-state index in [4.69, 9.17) is 10.5 Å². The standard InChI is InChI=1S/C13H21NO3S/c1-2-12-4-6-13(7-5-12)17-9-3-10-18(15,16)11-8-14/h4-7H,2-3,8-11,14H2,1H3. The van der Waals surface area contributed by atoms with Gasteiger partial charge in [-0.3, -0.25) is 0 Å². The topological polar surface area (TPSA) is 69.4 Å². The third kappa shape index (κ3) is 5.51. The summed E-state index contributed by atoms with van der Waals surface area (Å²) in [6.07, 6.45) is 1.50. The number of nitrogens with two attached hydrogens (primary N) is 1. The van der Waals surface area contributed by atoms with E-state index in [0.717, 1.165) is 12.2 Å². The van der Waals surface area contributed by atoms with Crippen LogP contribution in [0.15, 0.2) is 24.3 Å². The molecule has 18 heavy (non-hydrogen) atoms. The van der Waals surface area contributed by atoms with Crippen LogP contribution in [-0.2, 0) is 16.3 Å². The summed E-state index contributed by atoms with van der Waals surface area (Å²) in [5.41, 5.74) is 6.48. The molecule has 4 nitrogen and oxygen atoms in total. The van der Waals surface area contributed by atoms with Crippen molar-refractivity contribution < 1.29 is 13.2 Å². The third-order valence-electron chi connectivity index (χ3n) is 2.63. The first-order valence-corrected chi connectivity index (χ1v) is 8.02. The van der Waals surface area contributed by atoms with Gasteiger partial charge < -0.3 is 10.5 Å². The predicted molar refractivity (Wildman–Crippen MR) is 73.6 cm³/mol. The Hall–Kier alpha value is -1.07. The van der Waals surface area contributed by atoms with Gasteiger partial charge in [-0.25, -0.2) is 8.42 Å². The van der Waals surface area contributed by atoms with Crippen molar-refractivity contribution in [2.75, 3.05) is 24.7 Å². The summed E-state index contributed by atoms with van der Waals surface area (Å²) in [6, 6.07) is 7.85. The second kappa shape index (κ2) is 7.38. The Labute approximate surface area is 109 Å². The molecule has 2 N–H and O–H groups in total. The maximum absolute atomic E-state index is 11.4. The molecular formula is C13H21NO3S. The quantitative estimate of drug-likeness (QED) is 0.725. The summed E-state index contributed by atoms with van der Waals surface area (Å²) < 4.78 is 28.3. The number of sulfone groups is 1. The number of hydrogen-bond donors (Lipinski definition) is 1. The second-order valence-electron chi connectivity index (χ2n) is 4.14. The first kappa shape index (κ1) is 15.0. The molecule has 0 aliphatic rings. The molecule has 0 aliphatic carbocycles. The fraction of sp³-hybridized carbons (Fsp3) is 0.538. The lowest BCUT2D eigenvalue weighted by Crippen LogP contribution is -2.19. The van der Waals surface area contributed by atoms with E-state index in [2.05, 4.69) is 6.92 Å². The minimum atomic E-state index is -3.00. The molecule has 0 atom stereocenters. The van der Waals surface area contributed by atoms with E-state index in [1.165, 1.54) is 5.56 Å². The van der Waals surface area contributed by atoms with Gasteiger partial charge in [0.2, 0.25) is 0 Å². The number of rotatable bonds is 8. The summed E-state index contributed by atoms with van der Waals surface area (Å²) in [7, 11) is -3.00. The highest BCUT2D eigenvalue weighted by atomic mass is 32.2. The Morgan fingerprint density at radius 3 is 2.39 bits per heavy atom. The van der Waals surface area contributed by atoms with Crippen LogP contribution >= 0.6 is 0 Å². The zero-order valence-electron chi connectivity index (χ0n) is 10.8. The fourth-order valence-corrected chi connectivity index (χ4v) is 2.69. The van der Waals surface area contributed by atoms with E-state index in [-0.39, 0.29) is 18.1 Å². The van der Waals surface area contributed by atoms with E-state index in [1.807, 2.05) is 24.3 Å². The van der Waals surface area contributed by atoms with Crippen molar-refractivity contribution in [1.29, 1.82) is 0 Å². The molecule has 0 radical (unpaired) electrons. The Kier molecular flexibility index (Phi) is 6.15. The average Bonchev–Trinajstić information content (AvgIpc) is 2.35. The Morgan fingerprint density at radius 1 is 1.17 bits per heavy atom. The largest absolute Gasteiger partial charge is 0.494 e. The molecule has 0 saturated heterocycles. The number of hydrogen-bond acceptors (Lipinski definition) is 4. The minimum absolute atomic E-state index is 0.0538. The highest BCUT2D eigenvalue weighted by Gasteiger charge is 2.08. The normalized spacial score (nSPS) is 11.4. The zero-order valence-corrected chi connectivity index (χ0v) is 11.6. The van der Waals surface area contributed by atoms with Gasteiger partial charge in [0.1, 0.15) is 5.75 Å².